The first-order valence-corrected chi connectivity index (χ1v) is 8.13. The lowest BCUT2D eigenvalue weighted by Gasteiger charge is -2.34. The van der Waals surface area contributed by atoms with E-state index in [-0.39, 0.29) is 6.10 Å². The lowest BCUT2D eigenvalue weighted by Crippen LogP contribution is -2.43. The quantitative estimate of drug-likeness (QED) is 0.868. The van der Waals surface area contributed by atoms with Crippen LogP contribution in [0.3, 0.4) is 0 Å². The maximum absolute atomic E-state index is 5.84. The largest absolute Gasteiger partial charge is 0.385 e. The first kappa shape index (κ1) is 16.1. The Kier molecular flexibility index (Phi) is 5.38. The first-order valence-electron chi connectivity index (χ1n) is 8.13. The van der Waals surface area contributed by atoms with Crippen LogP contribution in [0.5, 0.6) is 0 Å². The summed E-state index contributed by atoms with van der Waals surface area (Å²) in [6.07, 6.45) is 1.76. The molecule has 0 saturated carbocycles. The molecule has 1 aliphatic rings. The van der Waals surface area contributed by atoms with E-state index in [0.29, 0.717) is 26.2 Å². The summed E-state index contributed by atoms with van der Waals surface area (Å²) in [4.78, 5) is 11.7. The van der Waals surface area contributed by atoms with Crippen molar-refractivity contribution in [2.24, 2.45) is 5.73 Å². The van der Waals surface area contributed by atoms with Gasteiger partial charge in [0.05, 0.1) is 18.2 Å². The number of hydrogen-bond donors (Lipinski definition) is 1. The van der Waals surface area contributed by atoms with Crippen molar-refractivity contribution in [2.75, 3.05) is 44.9 Å². The highest BCUT2D eigenvalue weighted by Gasteiger charge is 2.23. The number of anilines is 1. The van der Waals surface area contributed by atoms with E-state index in [2.05, 4.69) is 16.0 Å². The smallest absolute Gasteiger partial charge is 0.140 e. The average Bonchev–Trinajstić information content (AvgIpc) is 2.60. The van der Waals surface area contributed by atoms with Crippen molar-refractivity contribution < 1.29 is 9.47 Å². The second kappa shape index (κ2) is 7.68. The summed E-state index contributed by atoms with van der Waals surface area (Å²) >= 11 is 0. The number of morpholine rings is 1. The van der Waals surface area contributed by atoms with Crippen LogP contribution in [-0.4, -0.2) is 56.0 Å². The average molecular weight is 316 g/mol. The molecule has 124 valence electrons. The lowest BCUT2D eigenvalue weighted by atomic mass is 10.1. The monoisotopic (exact) mass is 316 g/mol. The summed E-state index contributed by atoms with van der Waals surface area (Å²) in [5, 5.41) is 1.08. The van der Waals surface area contributed by atoms with Crippen LogP contribution < -0.4 is 10.6 Å². The molecule has 2 aromatic rings. The van der Waals surface area contributed by atoms with E-state index in [9.17, 15) is 0 Å². The minimum absolute atomic E-state index is 0.176. The van der Waals surface area contributed by atoms with E-state index in [4.69, 9.17) is 20.2 Å². The van der Waals surface area contributed by atoms with Crippen molar-refractivity contribution >= 4 is 16.7 Å². The third kappa shape index (κ3) is 3.77. The maximum Gasteiger partial charge on any atom is 0.140 e. The van der Waals surface area contributed by atoms with Crippen LogP contribution >= 0.6 is 0 Å². The van der Waals surface area contributed by atoms with E-state index in [1.165, 1.54) is 0 Å². The molecule has 6 heteroatoms. The van der Waals surface area contributed by atoms with Crippen LogP contribution in [-0.2, 0) is 15.9 Å². The zero-order valence-electron chi connectivity index (χ0n) is 13.6. The summed E-state index contributed by atoms with van der Waals surface area (Å²) in [5.74, 6) is 1.80. The molecular formula is C17H24N4O2. The number of benzene rings is 1. The van der Waals surface area contributed by atoms with Gasteiger partial charge in [-0.1, -0.05) is 12.1 Å². The number of rotatable bonds is 6. The van der Waals surface area contributed by atoms with Gasteiger partial charge in [0.15, 0.2) is 0 Å². The van der Waals surface area contributed by atoms with E-state index in [1.807, 2.05) is 18.2 Å². The van der Waals surface area contributed by atoms with Gasteiger partial charge in [0, 0.05) is 38.6 Å². The highest BCUT2D eigenvalue weighted by Crippen LogP contribution is 2.26. The van der Waals surface area contributed by atoms with Crippen LogP contribution in [0.2, 0.25) is 0 Å². The maximum atomic E-state index is 5.84. The molecule has 23 heavy (non-hydrogen) atoms. The second-order valence-corrected chi connectivity index (χ2v) is 5.74. The molecule has 3 rings (SSSR count). The topological polar surface area (TPSA) is 73.5 Å². The van der Waals surface area contributed by atoms with Crippen molar-refractivity contribution in [3.63, 3.8) is 0 Å². The molecule has 1 aromatic heterocycles. The van der Waals surface area contributed by atoms with Gasteiger partial charge >= 0.3 is 0 Å². The SMILES string of the molecule is COCCC1CN(c2nc(CCN)nc3ccccc23)CCO1. The second-order valence-electron chi connectivity index (χ2n) is 5.74. The van der Waals surface area contributed by atoms with Gasteiger partial charge in [0.2, 0.25) is 0 Å². The Labute approximate surface area is 136 Å². The number of para-hydroxylation sites is 1. The van der Waals surface area contributed by atoms with Gasteiger partial charge in [-0.3, -0.25) is 0 Å². The lowest BCUT2D eigenvalue weighted by molar-refractivity contribution is 0.0190. The molecule has 1 fully saturated rings. The van der Waals surface area contributed by atoms with E-state index in [1.54, 1.807) is 7.11 Å². The highest BCUT2D eigenvalue weighted by atomic mass is 16.5. The van der Waals surface area contributed by atoms with E-state index < -0.39 is 0 Å². The molecule has 2 N–H and O–H groups in total. The molecule has 0 spiro atoms. The number of fused-ring (bicyclic) bond motifs is 1. The van der Waals surface area contributed by atoms with Crippen LogP contribution in [0.25, 0.3) is 10.9 Å². The van der Waals surface area contributed by atoms with Crippen LogP contribution in [0.15, 0.2) is 24.3 Å². The van der Waals surface area contributed by atoms with Gasteiger partial charge in [-0.2, -0.15) is 0 Å². The van der Waals surface area contributed by atoms with E-state index in [0.717, 1.165) is 42.1 Å². The first-order chi connectivity index (χ1) is 11.3. The molecular weight excluding hydrogens is 292 g/mol. The Morgan fingerprint density at radius 1 is 1.35 bits per heavy atom. The van der Waals surface area contributed by atoms with Gasteiger partial charge in [-0.05, 0) is 25.1 Å². The molecule has 1 aromatic carbocycles. The molecule has 1 aliphatic heterocycles. The van der Waals surface area contributed by atoms with Crippen LogP contribution in [0.1, 0.15) is 12.2 Å². The van der Waals surface area contributed by atoms with Crippen molar-refractivity contribution in [2.45, 2.75) is 18.9 Å². The molecule has 1 atom stereocenters. The molecule has 6 nitrogen and oxygen atoms in total. The van der Waals surface area contributed by atoms with Gasteiger partial charge in [-0.15, -0.1) is 0 Å². The van der Waals surface area contributed by atoms with Gasteiger partial charge in [0.25, 0.3) is 0 Å². The summed E-state index contributed by atoms with van der Waals surface area (Å²) < 4.78 is 11.0. The molecule has 1 saturated heterocycles. The standard InChI is InChI=1S/C17H24N4O2/c1-22-10-7-13-12-21(9-11-23-13)17-14-4-2-3-5-15(14)19-16(20-17)6-8-18/h2-5,13H,6-12,18H2,1H3. The highest BCUT2D eigenvalue weighted by molar-refractivity contribution is 5.89. The number of methoxy groups -OCH3 is 1. The van der Waals surface area contributed by atoms with Crippen molar-refractivity contribution in [1.82, 2.24) is 9.97 Å². The van der Waals surface area contributed by atoms with Crippen molar-refractivity contribution in [3.8, 4) is 0 Å². The van der Waals surface area contributed by atoms with Crippen molar-refractivity contribution in [3.05, 3.63) is 30.1 Å². The number of nitrogens with two attached hydrogens (primary N) is 1. The normalized spacial score (nSPS) is 18.5. The number of nitrogens with zero attached hydrogens (tertiary/aromatic N) is 3. The Balaban J connectivity index is 1.90. The minimum Gasteiger partial charge on any atom is -0.385 e. The zero-order valence-corrected chi connectivity index (χ0v) is 13.6. The summed E-state index contributed by atoms with van der Waals surface area (Å²) in [5.41, 5.74) is 6.66. The zero-order chi connectivity index (χ0) is 16.1. The molecule has 0 radical (unpaired) electrons. The van der Waals surface area contributed by atoms with Crippen LogP contribution in [0, 0.1) is 0 Å². The van der Waals surface area contributed by atoms with Gasteiger partial charge in [-0.25, -0.2) is 9.97 Å². The third-order valence-electron chi connectivity index (χ3n) is 4.08. The summed E-state index contributed by atoms with van der Waals surface area (Å²) in [6, 6.07) is 8.15. The van der Waals surface area contributed by atoms with Crippen LogP contribution in [0.4, 0.5) is 5.82 Å². The van der Waals surface area contributed by atoms with Crippen molar-refractivity contribution in [1.29, 1.82) is 0 Å². The molecule has 2 heterocycles. The Bertz CT molecular complexity index is 650. The molecule has 1 unspecified atom stereocenters. The van der Waals surface area contributed by atoms with Gasteiger partial charge < -0.3 is 20.1 Å². The number of hydrogen-bond acceptors (Lipinski definition) is 6. The molecule has 0 bridgehead atoms. The predicted octanol–water partition coefficient (Wildman–Crippen LogP) is 1.37. The third-order valence-corrected chi connectivity index (χ3v) is 4.08. The summed E-state index contributed by atoms with van der Waals surface area (Å²) in [7, 11) is 1.72. The van der Waals surface area contributed by atoms with E-state index >= 15 is 0 Å². The fourth-order valence-electron chi connectivity index (χ4n) is 2.92. The van der Waals surface area contributed by atoms with Gasteiger partial charge in [0.1, 0.15) is 11.6 Å². The number of ether oxygens (including phenoxy) is 2. The minimum atomic E-state index is 0.176. The Morgan fingerprint density at radius 3 is 3.04 bits per heavy atom. The molecule has 0 aliphatic carbocycles. The number of aromatic nitrogens is 2. The molecule has 0 amide bonds. The fraction of sp³-hybridized carbons (Fsp3) is 0.529. The predicted molar refractivity (Wildman–Crippen MR) is 90.7 cm³/mol. The fourth-order valence-corrected chi connectivity index (χ4v) is 2.92. The Hall–Kier alpha value is -1.76. The summed E-state index contributed by atoms with van der Waals surface area (Å²) in [6.45, 7) is 3.64. The Morgan fingerprint density at radius 2 is 2.22 bits per heavy atom.